The van der Waals surface area contributed by atoms with Crippen molar-refractivity contribution >= 4 is 0 Å². The summed E-state index contributed by atoms with van der Waals surface area (Å²) in [5.74, 6) is 2.15. The van der Waals surface area contributed by atoms with Crippen LogP contribution in [0.2, 0.25) is 0 Å². The first kappa shape index (κ1) is 48.0. The highest BCUT2D eigenvalue weighted by molar-refractivity contribution is 5.41. The standard InChI is InChI=1S/C10H12F3NO.C10H15NO.C9H13NO.C8H11N.C7H9N/c1-3-8-7(2)9(4-5-14-8)15-6-10(11,12)13;1-5-9-8(3)10(12-4)7(2)6-11-9;1-4-8-7(2)9(11-3)5-6-10-8;1-3-8-7(2)5-4-6-9-8;1-2-7-5-3-4-6-8-7/h4-5H,3,6H2,1-2H3;6H,5H2,1-4H3;5-6H,4H2,1-3H3;4-6H,3H2,1-2H3;3-6H,2H2,1H3. The topological polar surface area (TPSA) is 92.1 Å². The van der Waals surface area contributed by atoms with Crippen LogP contribution in [0.15, 0.2) is 73.4 Å². The Hall–Kier alpha value is -5.06. The van der Waals surface area contributed by atoms with Gasteiger partial charge in [0.15, 0.2) is 6.61 Å². The number of halogens is 3. The molecule has 0 atom stereocenters. The van der Waals surface area contributed by atoms with Crippen LogP contribution in [0.5, 0.6) is 17.2 Å². The molecule has 55 heavy (non-hydrogen) atoms. The molecule has 0 aliphatic rings. The molecule has 5 aromatic heterocycles. The van der Waals surface area contributed by atoms with Crippen LogP contribution in [0.4, 0.5) is 13.2 Å². The van der Waals surface area contributed by atoms with Gasteiger partial charge in [0.2, 0.25) is 0 Å². The fourth-order valence-electron chi connectivity index (χ4n) is 5.29. The summed E-state index contributed by atoms with van der Waals surface area (Å²) in [6.07, 6.45) is 9.12. The van der Waals surface area contributed by atoms with E-state index in [1.807, 2.05) is 69.7 Å². The quantitative estimate of drug-likeness (QED) is 0.147. The van der Waals surface area contributed by atoms with E-state index in [4.69, 9.17) is 9.47 Å². The van der Waals surface area contributed by atoms with Crippen LogP contribution in [0.25, 0.3) is 0 Å². The van der Waals surface area contributed by atoms with Crippen LogP contribution in [-0.4, -0.2) is 51.9 Å². The lowest BCUT2D eigenvalue weighted by molar-refractivity contribution is -0.153. The molecule has 5 heterocycles. The molecule has 5 rings (SSSR count). The molecule has 0 aliphatic heterocycles. The number of ether oxygens (including phenoxy) is 3. The molecule has 11 heteroatoms. The molecule has 0 fully saturated rings. The number of aryl methyl sites for hydroxylation is 7. The summed E-state index contributed by atoms with van der Waals surface area (Å²) >= 11 is 0. The third kappa shape index (κ3) is 17.3. The number of rotatable bonds is 9. The average molecular weight is 764 g/mol. The lowest BCUT2D eigenvalue weighted by atomic mass is 10.1. The van der Waals surface area contributed by atoms with E-state index < -0.39 is 12.8 Å². The molecule has 0 saturated carbocycles. The summed E-state index contributed by atoms with van der Waals surface area (Å²) in [5.41, 5.74) is 10.7. The number of methoxy groups -OCH3 is 2. The van der Waals surface area contributed by atoms with E-state index in [2.05, 4.69) is 77.3 Å². The average Bonchev–Trinajstić information content (AvgIpc) is 3.19. The van der Waals surface area contributed by atoms with E-state index in [1.165, 1.54) is 29.1 Å². The Morgan fingerprint density at radius 2 is 1.04 bits per heavy atom. The van der Waals surface area contributed by atoms with Crippen LogP contribution in [0.1, 0.15) is 90.9 Å². The van der Waals surface area contributed by atoms with Crippen molar-refractivity contribution in [3.63, 3.8) is 0 Å². The van der Waals surface area contributed by atoms with E-state index in [1.54, 1.807) is 27.3 Å². The fraction of sp³-hybridized carbons (Fsp3) is 0.432. The molecule has 5 aromatic rings. The summed E-state index contributed by atoms with van der Waals surface area (Å²) in [6, 6.07) is 13.3. The molecular formula is C44H60F3N5O3. The van der Waals surface area contributed by atoms with Crippen molar-refractivity contribution in [2.24, 2.45) is 0 Å². The van der Waals surface area contributed by atoms with Gasteiger partial charge in [-0.3, -0.25) is 24.9 Å². The van der Waals surface area contributed by atoms with Crippen molar-refractivity contribution in [1.82, 2.24) is 24.9 Å². The van der Waals surface area contributed by atoms with E-state index in [0.29, 0.717) is 12.0 Å². The molecule has 0 aromatic carbocycles. The number of nitrogens with zero attached hydrogens (tertiary/aromatic N) is 5. The SMILES string of the molecule is CCc1ccccn1.CCc1ncc(C)c(OC)c1C.CCc1nccc(OC)c1C.CCc1nccc(OCC(F)(F)F)c1C.CCc1ncccc1C. The van der Waals surface area contributed by atoms with E-state index in [0.717, 1.165) is 71.1 Å². The minimum absolute atomic E-state index is 0.249. The van der Waals surface area contributed by atoms with Gasteiger partial charge in [-0.15, -0.1) is 0 Å². The first-order valence-electron chi connectivity index (χ1n) is 18.6. The molecule has 0 spiro atoms. The third-order valence-electron chi connectivity index (χ3n) is 8.42. The Kier molecular flexibility index (Phi) is 22.6. The minimum Gasteiger partial charge on any atom is -0.496 e. The van der Waals surface area contributed by atoms with E-state index in [-0.39, 0.29) is 5.75 Å². The van der Waals surface area contributed by atoms with Crippen LogP contribution in [0.3, 0.4) is 0 Å². The van der Waals surface area contributed by atoms with Gasteiger partial charge in [-0.05, 0) is 103 Å². The van der Waals surface area contributed by atoms with Crippen molar-refractivity contribution in [3.05, 3.63) is 130 Å². The second kappa shape index (κ2) is 25.9. The zero-order chi connectivity index (χ0) is 41.4. The Morgan fingerprint density at radius 1 is 0.509 bits per heavy atom. The number of aromatic nitrogens is 5. The van der Waals surface area contributed by atoms with Gasteiger partial charge < -0.3 is 14.2 Å². The molecule has 300 valence electrons. The second-order valence-electron chi connectivity index (χ2n) is 12.3. The first-order chi connectivity index (χ1) is 26.2. The number of pyridine rings is 5. The van der Waals surface area contributed by atoms with Crippen molar-refractivity contribution < 1.29 is 27.4 Å². The molecule has 0 unspecified atom stereocenters. The highest BCUT2D eigenvalue weighted by Crippen LogP contribution is 2.24. The van der Waals surface area contributed by atoms with Crippen LogP contribution in [0, 0.1) is 34.6 Å². The Labute approximate surface area is 327 Å². The third-order valence-corrected chi connectivity index (χ3v) is 8.42. The van der Waals surface area contributed by atoms with Crippen molar-refractivity contribution in [2.45, 2.75) is 108 Å². The second-order valence-corrected chi connectivity index (χ2v) is 12.3. The first-order valence-corrected chi connectivity index (χ1v) is 18.6. The summed E-state index contributed by atoms with van der Waals surface area (Å²) in [4.78, 5) is 20.9. The van der Waals surface area contributed by atoms with Crippen LogP contribution < -0.4 is 14.2 Å². The lowest BCUT2D eigenvalue weighted by Gasteiger charge is -2.12. The minimum atomic E-state index is -4.30. The van der Waals surface area contributed by atoms with Crippen LogP contribution in [-0.2, 0) is 32.1 Å². The number of hydrogen-bond donors (Lipinski definition) is 0. The molecule has 0 radical (unpaired) electrons. The summed E-state index contributed by atoms with van der Waals surface area (Å²) < 4.78 is 50.8. The molecule has 0 N–H and O–H groups in total. The molecular weight excluding hydrogens is 704 g/mol. The predicted octanol–water partition coefficient (Wildman–Crippen LogP) is 10.7. The van der Waals surface area contributed by atoms with Gasteiger partial charge in [0.25, 0.3) is 0 Å². The monoisotopic (exact) mass is 763 g/mol. The maximum absolute atomic E-state index is 11.9. The Bertz CT molecular complexity index is 1800. The van der Waals surface area contributed by atoms with Gasteiger partial charge in [-0.25, -0.2) is 0 Å². The molecule has 0 aliphatic carbocycles. The maximum Gasteiger partial charge on any atom is 0.422 e. The van der Waals surface area contributed by atoms with Gasteiger partial charge in [0.05, 0.1) is 14.2 Å². The van der Waals surface area contributed by atoms with Gasteiger partial charge in [0, 0.05) is 81.7 Å². The van der Waals surface area contributed by atoms with E-state index >= 15 is 0 Å². The molecule has 0 bridgehead atoms. The van der Waals surface area contributed by atoms with Gasteiger partial charge >= 0.3 is 6.18 Å². The number of alkyl halides is 3. The normalized spacial score (nSPS) is 10.2. The van der Waals surface area contributed by atoms with Crippen LogP contribution >= 0.6 is 0 Å². The molecule has 0 saturated heterocycles. The molecule has 0 amide bonds. The highest BCUT2D eigenvalue weighted by atomic mass is 19.4. The summed E-state index contributed by atoms with van der Waals surface area (Å²) in [6.45, 7) is 18.9. The predicted molar refractivity (Wildman–Crippen MR) is 216 cm³/mol. The highest BCUT2D eigenvalue weighted by Gasteiger charge is 2.28. The van der Waals surface area contributed by atoms with Gasteiger partial charge in [-0.2, -0.15) is 13.2 Å². The number of hydrogen-bond acceptors (Lipinski definition) is 8. The Morgan fingerprint density at radius 3 is 1.47 bits per heavy atom. The summed E-state index contributed by atoms with van der Waals surface area (Å²) in [5, 5.41) is 0. The van der Waals surface area contributed by atoms with E-state index in [9.17, 15) is 13.2 Å². The zero-order valence-corrected chi connectivity index (χ0v) is 34.8. The fourth-order valence-corrected chi connectivity index (χ4v) is 5.29. The van der Waals surface area contributed by atoms with Crippen molar-refractivity contribution in [1.29, 1.82) is 0 Å². The zero-order valence-electron chi connectivity index (χ0n) is 34.8. The maximum atomic E-state index is 11.9. The van der Waals surface area contributed by atoms with Gasteiger partial charge in [0.1, 0.15) is 17.2 Å². The van der Waals surface area contributed by atoms with Crippen molar-refractivity contribution in [3.8, 4) is 17.2 Å². The van der Waals surface area contributed by atoms with Gasteiger partial charge in [-0.1, -0.05) is 46.8 Å². The lowest BCUT2D eigenvalue weighted by Crippen LogP contribution is -2.19. The Balaban J connectivity index is 0.000000349. The van der Waals surface area contributed by atoms with Crippen molar-refractivity contribution in [2.75, 3.05) is 20.8 Å². The molecule has 8 nitrogen and oxygen atoms in total. The largest absolute Gasteiger partial charge is 0.496 e. The smallest absolute Gasteiger partial charge is 0.422 e. The summed E-state index contributed by atoms with van der Waals surface area (Å²) in [7, 11) is 3.39.